The van der Waals surface area contributed by atoms with Crippen LogP contribution in [0.4, 0.5) is 13.2 Å². The van der Waals surface area contributed by atoms with Crippen LogP contribution < -0.4 is 10.6 Å². The maximum absolute atomic E-state index is 12.1. The zero-order valence-electron chi connectivity index (χ0n) is 12.2. The second-order valence-electron chi connectivity index (χ2n) is 4.43. The minimum atomic E-state index is -4.18. The number of hydrogen-bond donors (Lipinski definition) is 2. The van der Waals surface area contributed by atoms with Gasteiger partial charge < -0.3 is 10.6 Å². The smallest absolute Gasteiger partial charge is 0.357 e. The molecule has 0 saturated heterocycles. The summed E-state index contributed by atoms with van der Waals surface area (Å²) in [5.74, 6) is 0.392. The topological polar surface area (TPSA) is 36.4 Å². The van der Waals surface area contributed by atoms with E-state index in [0.717, 1.165) is 5.56 Å². The van der Waals surface area contributed by atoms with E-state index < -0.39 is 12.6 Å². The van der Waals surface area contributed by atoms with Gasteiger partial charge in [-0.3, -0.25) is 4.99 Å². The van der Waals surface area contributed by atoms with Gasteiger partial charge in [-0.05, 0) is 31.0 Å². The van der Waals surface area contributed by atoms with E-state index >= 15 is 0 Å². The van der Waals surface area contributed by atoms with Gasteiger partial charge in [-0.25, -0.2) is 0 Å². The van der Waals surface area contributed by atoms with Crippen LogP contribution in [0.5, 0.6) is 0 Å². The first-order valence-electron chi connectivity index (χ1n) is 6.74. The van der Waals surface area contributed by atoms with Crippen LogP contribution in [0.1, 0.15) is 18.9 Å². The molecule has 22 heavy (non-hydrogen) atoms. The van der Waals surface area contributed by atoms with Crippen LogP contribution >= 0.6 is 35.6 Å². The van der Waals surface area contributed by atoms with Crippen LogP contribution in [0.2, 0.25) is 5.02 Å². The van der Waals surface area contributed by atoms with E-state index in [2.05, 4.69) is 15.6 Å². The maximum atomic E-state index is 12.1. The molecule has 3 nitrogen and oxygen atoms in total. The average molecular weight is 450 g/mol. The van der Waals surface area contributed by atoms with E-state index in [0.29, 0.717) is 30.5 Å². The summed E-state index contributed by atoms with van der Waals surface area (Å²) in [5, 5.41) is 6.58. The van der Waals surface area contributed by atoms with E-state index in [9.17, 15) is 13.2 Å². The second-order valence-corrected chi connectivity index (χ2v) is 4.87. The van der Waals surface area contributed by atoms with Gasteiger partial charge >= 0.3 is 6.18 Å². The van der Waals surface area contributed by atoms with Crippen LogP contribution in [0.25, 0.3) is 0 Å². The fraction of sp³-hybridized carbons (Fsp3) is 0.500. The Morgan fingerprint density at radius 3 is 2.59 bits per heavy atom. The highest BCUT2D eigenvalue weighted by atomic mass is 127. The lowest BCUT2D eigenvalue weighted by atomic mass is 10.1. The van der Waals surface area contributed by atoms with Crippen molar-refractivity contribution in [3.63, 3.8) is 0 Å². The van der Waals surface area contributed by atoms with E-state index in [1.54, 1.807) is 6.07 Å². The summed E-state index contributed by atoms with van der Waals surface area (Å²) in [6.07, 6.45) is -4.39. The Balaban J connectivity index is 0.00000441. The quantitative estimate of drug-likeness (QED) is 0.391. The minimum absolute atomic E-state index is 0. The number of aliphatic imine (C=N–C) groups is 1. The molecule has 0 aliphatic carbocycles. The number of hydrogen-bond acceptors (Lipinski definition) is 1. The van der Waals surface area contributed by atoms with Gasteiger partial charge in [0.1, 0.15) is 0 Å². The van der Waals surface area contributed by atoms with Crippen molar-refractivity contribution in [1.82, 2.24) is 10.6 Å². The molecule has 0 aromatic heterocycles. The molecule has 0 spiro atoms. The van der Waals surface area contributed by atoms with E-state index in [-0.39, 0.29) is 30.5 Å². The number of alkyl halides is 3. The Kier molecular flexibility index (Phi) is 10.6. The highest BCUT2D eigenvalue weighted by molar-refractivity contribution is 14.0. The molecule has 0 heterocycles. The summed E-state index contributed by atoms with van der Waals surface area (Å²) in [6.45, 7) is 2.74. The van der Waals surface area contributed by atoms with Crippen molar-refractivity contribution in [3.8, 4) is 0 Å². The number of benzene rings is 1. The molecule has 0 unspecified atom stereocenters. The first kappa shape index (κ1) is 21.3. The van der Waals surface area contributed by atoms with Crippen LogP contribution in [-0.2, 0) is 6.42 Å². The van der Waals surface area contributed by atoms with Gasteiger partial charge in [-0.15, -0.1) is 24.0 Å². The largest absolute Gasteiger partial charge is 0.390 e. The third-order valence-corrected chi connectivity index (χ3v) is 2.84. The summed E-state index contributed by atoms with van der Waals surface area (Å²) in [6, 6.07) is 7.46. The van der Waals surface area contributed by atoms with Crippen molar-refractivity contribution in [2.75, 3.05) is 19.6 Å². The Morgan fingerprint density at radius 2 is 2.00 bits per heavy atom. The third-order valence-electron chi connectivity index (χ3n) is 2.60. The molecule has 0 amide bonds. The molecular formula is C14H20ClF3IN3. The fourth-order valence-electron chi connectivity index (χ4n) is 1.65. The summed E-state index contributed by atoms with van der Waals surface area (Å²) in [5.41, 5.74) is 1.06. The highest BCUT2D eigenvalue weighted by Crippen LogP contribution is 2.18. The molecule has 2 N–H and O–H groups in total. The number of guanidine groups is 1. The Bertz CT molecular complexity index is 467. The van der Waals surface area contributed by atoms with Gasteiger partial charge in [0.2, 0.25) is 0 Å². The highest BCUT2D eigenvalue weighted by Gasteiger charge is 2.26. The third kappa shape index (κ3) is 10.1. The molecular weight excluding hydrogens is 430 g/mol. The predicted octanol–water partition coefficient (Wildman–Crippen LogP) is 4.01. The molecule has 8 heteroatoms. The number of nitrogens with one attached hydrogen (secondary N) is 2. The zero-order valence-corrected chi connectivity index (χ0v) is 15.3. The zero-order chi connectivity index (χ0) is 15.7. The van der Waals surface area contributed by atoms with Crippen molar-refractivity contribution in [1.29, 1.82) is 0 Å². The average Bonchev–Trinajstić information content (AvgIpc) is 2.37. The molecule has 126 valence electrons. The van der Waals surface area contributed by atoms with Gasteiger partial charge in [0.15, 0.2) is 5.96 Å². The first-order chi connectivity index (χ1) is 9.90. The SMILES string of the molecule is CCNC(=NCCC(F)(F)F)NCCc1cccc(Cl)c1.I. The van der Waals surface area contributed by atoms with Gasteiger partial charge in [-0.2, -0.15) is 13.2 Å². The molecule has 0 radical (unpaired) electrons. The molecule has 0 bridgehead atoms. The summed E-state index contributed by atoms with van der Waals surface area (Å²) < 4.78 is 36.2. The Hall–Kier alpha value is -0.700. The lowest BCUT2D eigenvalue weighted by Crippen LogP contribution is -2.38. The molecule has 1 rings (SSSR count). The van der Waals surface area contributed by atoms with E-state index in [1.165, 1.54) is 0 Å². The number of nitrogens with zero attached hydrogens (tertiary/aromatic N) is 1. The van der Waals surface area contributed by atoms with Crippen molar-refractivity contribution in [2.45, 2.75) is 25.9 Å². The standard InChI is InChI=1S/C14H19ClF3N3.HI/c1-2-19-13(21-9-7-14(16,17)18)20-8-6-11-4-3-5-12(15)10-11;/h3-5,10H,2,6-9H2,1H3,(H2,19,20,21);1H. The molecule has 0 atom stereocenters. The van der Waals surface area contributed by atoms with E-state index in [4.69, 9.17) is 11.6 Å². The van der Waals surface area contributed by atoms with Gasteiger partial charge in [0.25, 0.3) is 0 Å². The fourth-order valence-corrected chi connectivity index (χ4v) is 1.87. The van der Waals surface area contributed by atoms with E-state index in [1.807, 2.05) is 25.1 Å². The molecule has 0 aliphatic rings. The monoisotopic (exact) mass is 449 g/mol. The Labute approximate surface area is 150 Å². The van der Waals surface area contributed by atoms with Crippen LogP contribution in [0.15, 0.2) is 29.3 Å². The van der Waals surface area contributed by atoms with Gasteiger partial charge in [0, 0.05) is 18.1 Å². The van der Waals surface area contributed by atoms with Crippen molar-refractivity contribution >= 4 is 41.5 Å². The van der Waals surface area contributed by atoms with Crippen molar-refractivity contribution in [3.05, 3.63) is 34.9 Å². The lowest BCUT2D eigenvalue weighted by molar-refractivity contribution is -0.132. The summed E-state index contributed by atoms with van der Waals surface area (Å²) >= 11 is 5.88. The second kappa shape index (κ2) is 10.9. The molecule has 0 saturated carbocycles. The minimum Gasteiger partial charge on any atom is -0.357 e. The molecule has 1 aromatic rings. The summed E-state index contributed by atoms with van der Waals surface area (Å²) in [7, 11) is 0. The van der Waals surface area contributed by atoms with Gasteiger partial charge in [0.05, 0.1) is 13.0 Å². The van der Waals surface area contributed by atoms with Crippen LogP contribution in [0, 0.1) is 0 Å². The normalized spacial score (nSPS) is 11.8. The first-order valence-corrected chi connectivity index (χ1v) is 7.12. The number of rotatable bonds is 6. The maximum Gasteiger partial charge on any atom is 0.390 e. The molecule has 1 aromatic carbocycles. The summed E-state index contributed by atoms with van der Waals surface area (Å²) in [4.78, 5) is 3.90. The Morgan fingerprint density at radius 1 is 1.27 bits per heavy atom. The van der Waals surface area contributed by atoms with Gasteiger partial charge in [-0.1, -0.05) is 23.7 Å². The molecule has 0 fully saturated rings. The van der Waals surface area contributed by atoms with Crippen molar-refractivity contribution in [2.24, 2.45) is 4.99 Å². The lowest BCUT2D eigenvalue weighted by Gasteiger charge is -2.12. The van der Waals surface area contributed by atoms with Crippen LogP contribution in [-0.4, -0.2) is 31.8 Å². The van der Waals surface area contributed by atoms with Crippen molar-refractivity contribution < 1.29 is 13.2 Å². The molecule has 0 aliphatic heterocycles. The number of halogens is 5. The van der Waals surface area contributed by atoms with Crippen LogP contribution in [0.3, 0.4) is 0 Å². The predicted molar refractivity (Wildman–Crippen MR) is 95.2 cm³/mol.